The number of unbranched alkanes of at least 4 members (excludes halogenated alkanes) is 1. The predicted molar refractivity (Wildman–Crippen MR) is 84.0 cm³/mol. The zero-order valence-corrected chi connectivity index (χ0v) is 13.8. The molecule has 22 heavy (non-hydrogen) atoms. The van der Waals surface area contributed by atoms with Crippen LogP contribution in [0.15, 0.2) is 18.2 Å². The molecule has 1 rings (SSSR count). The Morgan fingerprint density at radius 1 is 1.32 bits per heavy atom. The molecule has 1 N–H and O–H groups in total. The Morgan fingerprint density at radius 3 is 2.59 bits per heavy atom. The minimum atomic E-state index is -1.08. The monoisotopic (exact) mass is 310 g/mol. The van der Waals surface area contributed by atoms with Crippen LogP contribution in [0.5, 0.6) is 5.75 Å². The Balaban J connectivity index is 2.82. The molecule has 124 valence electrons. The Kier molecular flexibility index (Phi) is 7.91. The predicted octanol–water partition coefficient (Wildman–Crippen LogP) is 2.79. The van der Waals surface area contributed by atoms with Crippen LogP contribution in [0.3, 0.4) is 0 Å². The second-order valence-electron chi connectivity index (χ2n) is 5.08. The van der Waals surface area contributed by atoms with Gasteiger partial charge in [0.05, 0.1) is 13.2 Å². The Morgan fingerprint density at radius 2 is 2.05 bits per heavy atom. The van der Waals surface area contributed by atoms with Crippen molar-refractivity contribution in [3.05, 3.63) is 29.3 Å². The Hall–Kier alpha value is -1.59. The lowest BCUT2D eigenvalue weighted by Gasteiger charge is -2.21. The largest absolute Gasteiger partial charge is 0.493 e. The molecule has 0 radical (unpaired) electrons. The van der Waals surface area contributed by atoms with E-state index in [4.69, 9.17) is 14.2 Å². The van der Waals surface area contributed by atoms with Gasteiger partial charge in [-0.1, -0.05) is 19.4 Å². The molecule has 1 aromatic carbocycles. The van der Waals surface area contributed by atoms with Gasteiger partial charge in [0, 0.05) is 7.11 Å². The van der Waals surface area contributed by atoms with Crippen LogP contribution in [0, 0.1) is 6.92 Å². The lowest BCUT2D eigenvalue weighted by atomic mass is 10.0. The van der Waals surface area contributed by atoms with Gasteiger partial charge in [-0.3, -0.25) is 0 Å². The molecular weight excluding hydrogens is 284 g/mol. The van der Waals surface area contributed by atoms with Crippen LogP contribution < -0.4 is 4.74 Å². The van der Waals surface area contributed by atoms with Crippen LogP contribution in [0.1, 0.15) is 43.9 Å². The SMILES string of the molecule is CCCCOc1ccc(C(O)C(OC)C(=O)OCC)cc1C. The van der Waals surface area contributed by atoms with Gasteiger partial charge in [-0.05, 0) is 43.5 Å². The third-order valence-electron chi connectivity index (χ3n) is 3.36. The van der Waals surface area contributed by atoms with Crippen molar-refractivity contribution in [1.82, 2.24) is 0 Å². The number of esters is 1. The molecule has 0 amide bonds. The zero-order chi connectivity index (χ0) is 16.5. The van der Waals surface area contributed by atoms with E-state index in [1.54, 1.807) is 25.1 Å². The highest BCUT2D eigenvalue weighted by atomic mass is 16.6. The second kappa shape index (κ2) is 9.43. The first-order chi connectivity index (χ1) is 10.5. The molecule has 1 aromatic rings. The average Bonchev–Trinajstić information content (AvgIpc) is 2.50. The second-order valence-corrected chi connectivity index (χ2v) is 5.08. The van der Waals surface area contributed by atoms with Gasteiger partial charge >= 0.3 is 5.97 Å². The smallest absolute Gasteiger partial charge is 0.338 e. The number of carbonyl (C=O) groups is 1. The Labute approximate surface area is 132 Å². The van der Waals surface area contributed by atoms with Crippen LogP contribution in [-0.2, 0) is 14.3 Å². The number of hydrogen-bond donors (Lipinski definition) is 1. The van der Waals surface area contributed by atoms with Crippen LogP contribution in [0.4, 0.5) is 0 Å². The van der Waals surface area contributed by atoms with Gasteiger partial charge in [-0.2, -0.15) is 0 Å². The van der Waals surface area contributed by atoms with Crippen LogP contribution in [-0.4, -0.2) is 37.5 Å². The highest BCUT2D eigenvalue weighted by Gasteiger charge is 2.29. The van der Waals surface area contributed by atoms with Crippen LogP contribution >= 0.6 is 0 Å². The number of methoxy groups -OCH3 is 1. The standard InChI is InChI=1S/C17H26O5/c1-5-7-10-22-14-9-8-13(11-12(14)3)15(18)16(20-4)17(19)21-6-2/h8-9,11,15-16,18H,5-7,10H2,1-4H3. The molecule has 5 heteroatoms. The number of ether oxygens (including phenoxy) is 3. The van der Waals surface area contributed by atoms with E-state index < -0.39 is 18.2 Å². The van der Waals surface area contributed by atoms with Gasteiger partial charge in [0.2, 0.25) is 0 Å². The fourth-order valence-electron chi connectivity index (χ4n) is 2.10. The first kappa shape index (κ1) is 18.5. The van der Waals surface area contributed by atoms with E-state index in [1.807, 2.05) is 6.92 Å². The van der Waals surface area contributed by atoms with Crippen LogP contribution in [0.25, 0.3) is 0 Å². The molecule has 0 spiro atoms. The summed E-state index contributed by atoms with van der Waals surface area (Å²) in [7, 11) is 1.37. The summed E-state index contributed by atoms with van der Waals surface area (Å²) in [6.45, 7) is 6.64. The van der Waals surface area contributed by atoms with Crippen LogP contribution in [0.2, 0.25) is 0 Å². The Bertz CT molecular complexity index is 472. The van der Waals surface area contributed by atoms with Crippen molar-refractivity contribution in [1.29, 1.82) is 0 Å². The molecule has 0 heterocycles. The molecule has 0 saturated heterocycles. The quantitative estimate of drug-likeness (QED) is 0.561. The molecule has 0 aliphatic heterocycles. The topological polar surface area (TPSA) is 65.0 Å². The van der Waals surface area contributed by atoms with Crippen molar-refractivity contribution in [2.24, 2.45) is 0 Å². The molecule has 0 aliphatic carbocycles. The molecule has 5 nitrogen and oxygen atoms in total. The first-order valence-electron chi connectivity index (χ1n) is 7.65. The van der Waals surface area contributed by atoms with Crippen molar-refractivity contribution >= 4 is 5.97 Å². The number of hydrogen-bond acceptors (Lipinski definition) is 5. The number of aliphatic hydroxyl groups excluding tert-OH is 1. The molecule has 0 bridgehead atoms. The van der Waals surface area contributed by atoms with Gasteiger partial charge in [-0.15, -0.1) is 0 Å². The molecule has 0 aromatic heterocycles. The highest BCUT2D eigenvalue weighted by Crippen LogP contribution is 2.26. The van der Waals surface area contributed by atoms with Crippen molar-refractivity contribution in [2.75, 3.05) is 20.3 Å². The lowest BCUT2D eigenvalue weighted by molar-refractivity contribution is -0.162. The van der Waals surface area contributed by atoms with Gasteiger partial charge in [0.25, 0.3) is 0 Å². The summed E-state index contributed by atoms with van der Waals surface area (Å²) in [5.41, 5.74) is 1.51. The van der Waals surface area contributed by atoms with Crippen molar-refractivity contribution in [3.8, 4) is 5.75 Å². The van der Waals surface area contributed by atoms with E-state index in [2.05, 4.69) is 6.92 Å². The summed E-state index contributed by atoms with van der Waals surface area (Å²) in [5.74, 6) is 0.216. The number of rotatable bonds is 9. The van der Waals surface area contributed by atoms with Gasteiger partial charge in [0.15, 0.2) is 6.10 Å². The molecule has 0 aliphatic rings. The summed E-state index contributed by atoms with van der Waals surface area (Å²) in [5, 5.41) is 10.3. The highest BCUT2D eigenvalue weighted by molar-refractivity contribution is 5.75. The van der Waals surface area contributed by atoms with E-state index in [0.29, 0.717) is 12.2 Å². The number of carbonyl (C=O) groups excluding carboxylic acids is 1. The maximum Gasteiger partial charge on any atom is 0.338 e. The normalized spacial score (nSPS) is 13.5. The van der Waals surface area contributed by atoms with E-state index in [-0.39, 0.29) is 6.61 Å². The molecule has 2 unspecified atom stereocenters. The summed E-state index contributed by atoms with van der Waals surface area (Å²) >= 11 is 0. The summed E-state index contributed by atoms with van der Waals surface area (Å²) in [6, 6.07) is 5.35. The fraction of sp³-hybridized carbons (Fsp3) is 0.588. The first-order valence-corrected chi connectivity index (χ1v) is 7.65. The average molecular weight is 310 g/mol. The number of benzene rings is 1. The molecule has 2 atom stereocenters. The van der Waals surface area contributed by atoms with Crippen molar-refractivity contribution in [3.63, 3.8) is 0 Å². The van der Waals surface area contributed by atoms with Gasteiger partial charge in [0.1, 0.15) is 11.9 Å². The van der Waals surface area contributed by atoms with Crippen molar-refractivity contribution < 1.29 is 24.1 Å². The maximum atomic E-state index is 11.8. The summed E-state index contributed by atoms with van der Waals surface area (Å²) in [6.07, 6.45) is -0.0396. The summed E-state index contributed by atoms with van der Waals surface area (Å²) in [4.78, 5) is 11.8. The fourth-order valence-corrected chi connectivity index (χ4v) is 2.10. The molecular formula is C17H26O5. The third-order valence-corrected chi connectivity index (χ3v) is 3.36. The van der Waals surface area contributed by atoms with E-state index in [0.717, 1.165) is 24.2 Å². The van der Waals surface area contributed by atoms with Gasteiger partial charge < -0.3 is 19.3 Å². The molecule has 0 saturated carbocycles. The van der Waals surface area contributed by atoms with Gasteiger partial charge in [-0.25, -0.2) is 4.79 Å². The lowest BCUT2D eigenvalue weighted by Crippen LogP contribution is -2.32. The van der Waals surface area contributed by atoms with Crippen molar-refractivity contribution in [2.45, 2.75) is 45.8 Å². The minimum absolute atomic E-state index is 0.245. The van der Waals surface area contributed by atoms with E-state index in [1.165, 1.54) is 7.11 Å². The summed E-state index contributed by atoms with van der Waals surface area (Å²) < 4.78 is 15.7. The third kappa shape index (κ3) is 5.00. The maximum absolute atomic E-state index is 11.8. The molecule has 0 fully saturated rings. The minimum Gasteiger partial charge on any atom is -0.493 e. The number of aryl methyl sites for hydroxylation is 1. The van der Waals surface area contributed by atoms with E-state index >= 15 is 0 Å². The van der Waals surface area contributed by atoms with E-state index in [9.17, 15) is 9.90 Å². The number of aliphatic hydroxyl groups is 1. The zero-order valence-electron chi connectivity index (χ0n) is 13.8.